The second kappa shape index (κ2) is 5.34. The molecule has 0 spiro atoms. The van der Waals surface area contributed by atoms with Crippen LogP contribution in [0, 0.1) is 0 Å². The summed E-state index contributed by atoms with van der Waals surface area (Å²) < 4.78 is 13.4. The first-order chi connectivity index (χ1) is 9.68. The summed E-state index contributed by atoms with van der Waals surface area (Å²) >= 11 is 0. The smallest absolute Gasteiger partial charge is 0.267 e. The summed E-state index contributed by atoms with van der Waals surface area (Å²) in [6.45, 7) is 2.63. The average molecular weight is 293 g/mol. The monoisotopic (exact) mass is 293 g/mol. The average Bonchev–Trinajstić information content (AvgIpc) is 2.74. The molecule has 1 saturated heterocycles. The third-order valence-electron chi connectivity index (χ3n) is 3.48. The van der Waals surface area contributed by atoms with E-state index in [1.807, 2.05) is 0 Å². The van der Waals surface area contributed by atoms with Crippen molar-refractivity contribution in [3.05, 3.63) is 29.8 Å². The van der Waals surface area contributed by atoms with Crippen LogP contribution in [0.4, 0.5) is 0 Å². The van der Waals surface area contributed by atoms with Gasteiger partial charge in [-0.1, -0.05) is 12.1 Å². The molecule has 2 aliphatic rings. The number of piperazine rings is 1. The van der Waals surface area contributed by atoms with E-state index in [2.05, 4.69) is 5.32 Å². The van der Waals surface area contributed by atoms with Crippen LogP contribution in [0.3, 0.4) is 0 Å². The summed E-state index contributed by atoms with van der Waals surface area (Å²) in [6.07, 6.45) is 0. The Morgan fingerprint density at radius 2 is 1.95 bits per heavy atom. The van der Waals surface area contributed by atoms with Gasteiger partial charge in [-0.2, -0.15) is 0 Å². The van der Waals surface area contributed by atoms with Gasteiger partial charge in [-0.3, -0.25) is 9.59 Å². The predicted molar refractivity (Wildman–Crippen MR) is 73.3 cm³/mol. The Morgan fingerprint density at radius 3 is 2.65 bits per heavy atom. The quantitative estimate of drug-likeness (QED) is 0.805. The number of carbonyl (C=O) groups excluding carboxylic acids is 2. The van der Waals surface area contributed by atoms with E-state index in [4.69, 9.17) is 0 Å². The molecule has 6 nitrogen and oxygen atoms in total. The van der Waals surface area contributed by atoms with Gasteiger partial charge in [-0.25, -0.2) is 8.51 Å². The largest absolute Gasteiger partial charge is 0.339 e. The summed E-state index contributed by atoms with van der Waals surface area (Å²) in [7, 11) is -1.57. The molecule has 1 fully saturated rings. The maximum atomic E-state index is 12.3. The van der Waals surface area contributed by atoms with Gasteiger partial charge >= 0.3 is 0 Å². The first-order valence-corrected chi connectivity index (χ1v) is 7.60. The third-order valence-corrected chi connectivity index (χ3v) is 4.91. The highest BCUT2D eigenvalue weighted by Crippen LogP contribution is 2.26. The number of nitrogens with one attached hydrogen (secondary N) is 1. The molecule has 1 aromatic rings. The van der Waals surface area contributed by atoms with E-state index in [1.54, 1.807) is 29.2 Å². The standard InChI is InChI=1S/C13H15N3O3S/c17-12(15-7-5-14-6-8-15)9-16-13(18)10-3-1-2-4-11(10)20(16)19/h1-4,14H,5-9H2. The summed E-state index contributed by atoms with van der Waals surface area (Å²) in [5.41, 5.74) is 0.430. The fourth-order valence-corrected chi connectivity index (χ4v) is 3.64. The van der Waals surface area contributed by atoms with E-state index in [-0.39, 0.29) is 18.4 Å². The number of hydrogen-bond donors (Lipinski definition) is 1. The van der Waals surface area contributed by atoms with Crippen LogP contribution in [0.5, 0.6) is 0 Å². The van der Waals surface area contributed by atoms with Gasteiger partial charge in [0.15, 0.2) is 11.0 Å². The van der Waals surface area contributed by atoms with Gasteiger partial charge in [0, 0.05) is 26.2 Å². The fraction of sp³-hybridized carbons (Fsp3) is 0.385. The minimum absolute atomic E-state index is 0.125. The molecule has 2 amide bonds. The topological polar surface area (TPSA) is 69.7 Å². The summed E-state index contributed by atoms with van der Waals surface area (Å²) in [6, 6.07) is 6.78. The van der Waals surface area contributed by atoms with Crippen LogP contribution >= 0.6 is 0 Å². The lowest BCUT2D eigenvalue weighted by Crippen LogP contribution is -2.49. The van der Waals surface area contributed by atoms with Gasteiger partial charge in [0.2, 0.25) is 5.91 Å². The van der Waals surface area contributed by atoms with Crippen molar-refractivity contribution in [3.63, 3.8) is 0 Å². The molecule has 0 radical (unpaired) electrons. The van der Waals surface area contributed by atoms with Crippen molar-refractivity contribution >= 4 is 22.8 Å². The van der Waals surface area contributed by atoms with Gasteiger partial charge in [-0.15, -0.1) is 0 Å². The maximum absolute atomic E-state index is 12.3. The number of fused-ring (bicyclic) bond motifs is 1. The lowest BCUT2D eigenvalue weighted by molar-refractivity contribution is -0.131. The molecular formula is C13H15N3O3S. The van der Waals surface area contributed by atoms with Crippen LogP contribution in [-0.2, 0) is 15.8 Å². The molecule has 106 valence electrons. The molecule has 7 heteroatoms. The Balaban J connectivity index is 1.74. The van der Waals surface area contributed by atoms with Crippen molar-refractivity contribution in [2.75, 3.05) is 32.7 Å². The third kappa shape index (κ3) is 2.23. The van der Waals surface area contributed by atoms with Crippen molar-refractivity contribution in [2.24, 2.45) is 0 Å². The second-order valence-corrected chi connectivity index (χ2v) is 6.10. The van der Waals surface area contributed by atoms with Crippen LogP contribution in [-0.4, -0.2) is 58.0 Å². The highest BCUT2D eigenvalue weighted by molar-refractivity contribution is 7.84. The Morgan fingerprint density at radius 1 is 1.25 bits per heavy atom. The Hall–Kier alpha value is -1.73. The van der Waals surface area contributed by atoms with Crippen molar-refractivity contribution in [2.45, 2.75) is 4.90 Å². The maximum Gasteiger partial charge on any atom is 0.267 e. The van der Waals surface area contributed by atoms with Crippen LogP contribution in [0.2, 0.25) is 0 Å². The number of benzene rings is 1. The highest BCUT2D eigenvalue weighted by atomic mass is 32.2. The molecule has 1 atom stereocenters. The molecule has 1 unspecified atom stereocenters. The molecule has 1 aromatic carbocycles. The molecule has 3 rings (SSSR count). The van der Waals surface area contributed by atoms with Crippen LogP contribution in [0.15, 0.2) is 29.2 Å². The number of rotatable bonds is 2. The fourth-order valence-electron chi connectivity index (χ4n) is 2.39. The number of carbonyl (C=O) groups is 2. The molecule has 0 aromatic heterocycles. The van der Waals surface area contributed by atoms with Crippen molar-refractivity contribution in [1.82, 2.24) is 14.5 Å². The minimum Gasteiger partial charge on any atom is -0.339 e. The molecule has 0 aliphatic carbocycles. The molecular weight excluding hydrogens is 278 g/mol. The Labute approximate surface area is 119 Å². The second-order valence-electron chi connectivity index (χ2n) is 4.72. The van der Waals surface area contributed by atoms with E-state index >= 15 is 0 Å². The number of amides is 2. The lowest BCUT2D eigenvalue weighted by atomic mass is 10.2. The molecule has 0 bridgehead atoms. The molecule has 20 heavy (non-hydrogen) atoms. The minimum atomic E-state index is -1.57. The molecule has 1 N–H and O–H groups in total. The highest BCUT2D eigenvalue weighted by Gasteiger charge is 2.36. The zero-order chi connectivity index (χ0) is 14.1. The van der Waals surface area contributed by atoms with E-state index < -0.39 is 11.0 Å². The predicted octanol–water partition coefficient (Wildman–Crippen LogP) is -0.403. The van der Waals surface area contributed by atoms with Crippen molar-refractivity contribution in [3.8, 4) is 0 Å². The van der Waals surface area contributed by atoms with Gasteiger partial charge in [-0.05, 0) is 12.1 Å². The van der Waals surface area contributed by atoms with Gasteiger partial charge in [0.25, 0.3) is 5.91 Å². The van der Waals surface area contributed by atoms with Crippen LogP contribution in [0.1, 0.15) is 10.4 Å². The van der Waals surface area contributed by atoms with E-state index in [0.29, 0.717) is 23.5 Å². The normalized spacial score (nSPS) is 22.0. The van der Waals surface area contributed by atoms with E-state index in [0.717, 1.165) is 17.4 Å². The first-order valence-electron chi connectivity index (χ1n) is 6.50. The van der Waals surface area contributed by atoms with Crippen molar-refractivity contribution < 1.29 is 13.8 Å². The Kier molecular flexibility index (Phi) is 3.54. The Bertz CT molecular complexity index is 549. The summed E-state index contributed by atoms with van der Waals surface area (Å²) in [5.74, 6) is -0.483. The summed E-state index contributed by atoms with van der Waals surface area (Å²) in [5, 5.41) is 3.16. The first kappa shape index (κ1) is 13.3. The van der Waals surface area contributed by atoms with E-state index in [1.165, 1.54) is 0 Å². The molecule has 2 heterocycles. The van der Waals surface area contributed by atoms with Crippen LogP contribution < -0.4 is 5.32 Å². The SMILES string of the molecule is O=C(CN1C(=O)c2ccccc2S1=O)N1CCNCC1. The molecule has 0 saturated carbocycles. The lowest BCUT2D eigenvalue weighted by Gasteiger charge is -2.28. The van der Waals surface area contributed by atoms with Gasteiger partial charge in [0.05, 0.1) is 10.5 Å². The van der Waals surface area contributed by atoms with Crippen molar-refractivity contribution in [1.29, 1.82) is 0 Å². The number of hydrogen-bond acceptors (Lipinski definition) is 4. The molecule has 2 aliphatic heterocycles. The zero-order valence-corrected chi connectivity index (χ0v) is 11.7. The van der Waals surface area contributed by atoms with Gasteiger partial charge < -0.3 is 10.2 Å². The summed E-state index contributed by atoms with van der Waals surface area (Å²) in [4.78, 5) is 26.5. The van der Waals surface area contributed by atoms with E-state index in [9.17, 15) is 13.8 Å². The van der Waals surface area contributed by atoms with Crippen LogP contribution in [0.25, 0.3) is 0 Å². The van der Waals surface area contributed by atoms with Gasteiger partial charge in [0.1, 0.15) is 6.54 Å². The number of nitrogens with zero attached hydrogens (tertiary/aromatic N) is 2. The zero-order valence-electron chi connectivity index (χ0n) is 10.9.